The minimum absolute atomic E-state index is 0.0229. The van der Waals surface area contributed by atoms with E-state index in [2.05, 4.69) is 99.3 Å². The molecule has 1 aromatic heterocycles. The van der Waals surface area contributed by atoms with E-state index in [9.17, 15) is 9.65 Å². The molecule has 0 saturated carbocycles. The van der Waals surface area contributed by atoms with Crippen molar-refractivity contribution < 1.29 is 9.13 Å². The predicted molar refractivity (Wildman–Crippen MR) is 208 cm³/mol. The number of nitrogens with one attached hydrogen (secondary N) is 3. The molecule has 0 radical (unpaired) electrons. The fourth-order valence-corrected chi connectivity index (χ4v) is 8.40. The van der Waals surface area contributed by atoms with Crippen LogP contribution in [0, 0.1) is 17.1 Å². The standard InChI is InChI=1S/C40H44Cl2FN9O/c1-40(2,3)51-12-10-28(11-13-51)52-21-36(49(4)48-52)39(30-7-5-6-24-19-50(20-32(24)30)29-22-53-23-29)47-27-14-31-37(46-26-8-9-35(43)33(41)15-26)25(17-44)18-45-38(31)34(42)16-27/h5-9,14-16,18,21,28-29,39,47-48H,10-13,19-20,22-23H2,1-4H3,(H,45,46)/t39-/m0/s1. The van der Waals surface area contributed by atoms with Crippen LogP contribution in [0.4, 0.5) is 21.5 Å². The van der Waals surface area contributed by atoms with Crippen LogP contribution < -0.4 is 16.2 Å². The molecule has 2 fully saturated rings. The topological polar surface area (TPSA) is 95.0 Å². The highest BCUT2D eigenvalue weighted by Crippen LogP contribution is 2.41. The SMILES string of the molecule is CN1NN(C2CCN(C(C)(C)C)CC2)C=C1[C@@H](Nc1cc(Cl)c2ncc(C#N)c(Nc3ccc(F)c(Cl)c3)c2c1)c1cccc2c1CN(C1COC1)C2. The fraction of sp³-hybridized carbons (Fsp3) is 0.400. The van der Waals surface area contributed by atoms with Crippen LogP contribution in [0.1, 0.15) is 61.9 Å². The van der Waals surface area contributed by atoms with E-state index in [4.69, 9.17) is 27.9 Å². The average Bonchev–Trinajstić information content (AvgIpc) is 3.71. The molecule has 276 valence electrons. The second-order valence-electron chi connectivity index (χ2n) is 15.4. The van der Waals surface area contributed by atoms with Crippen molar-refractivity contribution in [2.24, 2.45) is 0 Å². The summed E-state index contributed by atoms with van der Waals surface area (Å²) in [6, 6.07) is 17.6. The number of nitrogens with zero attached hydrogens (tertiary/aromatic N) is 6. The van der Waals surface area contributed by atoms with Crippen molar-refractivity contribution >= 4 is 51.2 Å². The molecule has 0 unspecified atom stereocenters. The number of hydrogen-bond acceptors (Lipinski definition) is 10. The van der Waals surface area contributed by atoms with E-state index in [0.29, 0.717) is 44.9 Å². The van der Waals surface area contributed by atoms with Crippen molar-refractivity contribution in [1.82, 2.24) is 30.3 Å². The van der Waals surface area contributed by atoms with E-state index < -0.39 is 5.82 Å². The minimum Gasteiger partial charge on any atom is -0.378 e. The Kier molecular flexibility index (Phi) is 9.64. The van der Waals surface area contributed by atoms with Crippen molar-refractivity contribution in [3.8, 4) is 6.07 Å². The summed E-state index contributed by atoms with van der Waals surface area (Å²) >= 11 is 13.1. The van der Waals surface area contributed by atoms with Crippen LogP contribution in [-0.4, -0.2) is 75.8 Å². The molecular formula is C40H44Cl2FN9O. The molecule has 8 rings (SSSR count). The molecule has 3 aromatic carbocycles. The van der Waals surface area contributed by atoms with Gasteiger partial charge < -0.3 is 15.4 Å². The number of piperidine rings is 1. The van der Waals surface area contributed by atoms with E-state index >= 15 is 0 Å². The van der Waals surface area contributed by atoms with E-state index in [1.165, 1.54) is 35.0 Å². The van der Waals surface area contributed by atoms with Gasteiger partial charge in [0.25, 0.3) is 0 Å². The van der Waals surface area contributed by atoms with Gasteiger partial charge in [0.15, 0.2) is 0 Å². The number of aromatic nitrogens is 1. The maximum atomic E-state index is 14.0. The lowest BCUT2D eigenvalue weighted by molar-refractivity contribution is -0.0670. The van der Waals surface area contributed by atoms with Gasteiger partial charge in [-0.05, 0) is 80.6 Å². The Hall–Kier alpha value is -4.15. The summed E-state index contributed by atoms with van der Waals surface area (Å²) < 4.78 is 19.6. The number of rotatable bonds is 8. The summed E-state index contributed by atoms with van der Waals surface area (Å²) in [4.78, 5) is 9.63. The molecule has 4 aliphatic heterocycles. The monoisotopic (exact) mass is 755 g/mol. The molecule has 10 nitrogen and oxygen atoms in total. The highest BCUT2D eigenvalue weighted by atomic mass is 35.5. The van der Waals surface area contributed by atoms with E-state index in [1.807, 2.05) is 12.1 Å². The first-order valence-electron chi connectivity index (χ1n) is 18.2. The third-order valence-corrected chi connectivity index (χ3v) is 11.6. The molecule has 2 saturated heterocycles. The number of anilines is 3. The first-order valence-corrected chi connectivity index (χ1v) is 18.9. The Labute approximate surface area is 320 Å². The summed E-state index contributed by atoms with van der Waals surface area (Å²) in [5.74, 6) is -0.524. The quantitative estimate of drug-likeness (QED) is 0.165. The number of halogens is 3. The van der Waals surface area contributed by atoms with E-state index in [0.717, 1.165) is 63.6 Å². The lowest BCUT2D eigenvalue weighted by atomic mass is 9.94. The smallest absolute Gasteiger partial charge is 0.141 e. The number of nitriles is 1. The number of hydrazine groups is 2. The average molecular weight is 757 g/mol. The van der Waals surface area contributed by atoms with Gasteiger partial charge in [-0.3, -0.25) is 24.8 Å². The Bertz CT molecular complexity index is 2120. The van der Waals surface area contributed by atoms with Gasteiger partial charge in [-0.2, -0.15) is 5.26 Å². The third-order valence-electron chi connectivity index (χ3n) is 11.1. The van der Waals surface area contributed by atoms with Gasteiger partial charge in [0.05, 0.1) is 57.8 Å². The molecular weight excluding hydrogens is 712 g/mol. The number of benzene rings is 3. The molecule has 3 N–H and O–H groups in total. The number of fused-ring (bicyclic) bond motifs is 2. The molecule has 13 heteroatoms. The second-order valence-corrected chi connectivity index (χ2v) is 16.2. The molecule has 1 atom stereocenters. The summed E-state index contributed by atoms with van der Waals surface area (Å²) in [7, 11) is 2.07. The molecule has 4 aliphatic rings. The fourth-order valence-electron chi connectivity index (χ4n) is 7.95. The summed E-state index contributed by atoms with van der Waals surface area (Å²) in [6.07, 6.45) is 5.86. The molecule has 0 amide bonds. The minimum atomic E-state index is -0.524. The summed E-state index contributed by atoms with van der Waals surface area (Å²) in [5, 5.41) is 22.7. The van der Waals surface area contributed by atoms with Crippen LogP contribution >= 0.6 is 23.2 Å². The first-order chi connectivity index (χ1) is 25.5. The molecule has 4 aromatic rings. The maximum Gasteiger partial charge on any atom is 0.141 e. The van der Waals surface area contributed by atoms with Crippen LogP contribution in [-0.2, 0) is 17.8 Å². The Morgan fingerprint density at radius 1 is 1.02 bits per heavy atom. The van der Waals surface area contributed by atoms with Gasteiger partial charge in [-0.1, -0.05) is 41.4 Å². The normalized spacial score (nSPS) is 19.2. The van der Waals surface area contributed by atoms with Crippen molar-refractivity contribution in [2.75, 3.05) is 44.0 Å². The largest absolute Gasteiger partial charge is 0.378 e. The van der Waals surface area contributed by atoms with Crippen LogP contribution in [0.25, 0.3) is 10.9 Å². The van der Waals surface area contributed by atoms with Crippen molar-refractivity contribution in [3.63, 3.8) is 0 Å². The Morgan fingerprint density at radius 3 is 2.49 bits per heavy atom. The second kappa shape index (κ2) is 14.3. The number of likely N-dealkylation sites (tertiary alicyclic amines) is 1. The highest BCUT2D eigenvalue weighted by molar-refractivity contribution is 6.36. The molecule has 0 aliphatic carbocycles. The van der Waals surface area contributed by atoms with Gasteiger partial charge in [0.1, 0.15) is 11.9 Å². The van der Waals surface area contributed by atoms with Gasteiger partial charge in [0.2, 0.25) is 0 Å². The maximum absolute atomic E-state index is 14.0. The van der Waals surface area contributed by atoms with E-state index in [1.54, 1.807) is 6.07 Å². The third kappa shape index (κ3) is 7.00. The van der Waals surface area contributed by atoms with Gasteiger partial charge >= 0.3 is 0 Å². The Balaban J connectivity index is 1.18. The van der Waals surface area contributed by atoms with Gasteiger partial charge in [0, 0.05) is 74.0 Å². The molecule has 0 spiro atoms. The molecule has 53 heavy (non-hydrogen) atoms. The van der Waals surface area contributed by atoms with E-state index in [-0.39, 0.29) is 16.6 Å². The first kappa shape index (κ1) is 35.9. The van der Waals surface area contributed by atoms with Crippen molar-refractivity contribution in [3.05, 3.63) is 105 Å². The number of hydrogen-bond donors (Lipinski definition) is 3. The predicted octanol–water partition coefficient (Wildman–Crippen LogP) is 7.93. The number of pyridine rings is 1. The van der Waals surface area contributed by atoms with Crippen LogP contribution in [0.15, 0.2) is 66.6 Å². The van der Waals surface area contributed by atoms with Gasteiger partial charge in [-0.25, -0.2) is 4.39 Å². The lowest BCUT2D eigenvalue weighted by Gasteiger charge is -2.43. The van der Waals surface area contributed by atoms with Crippen LogP contribution in [0.3, 0.4) is 0 Å². The number of ether oxygens (including phenoxy) is 1. The van der Waals surface area contributed by atoms with Crippen molar-refractivity contribution in [1.29, 1.82) is 5.26 Å². The molecule has 0 bridgehead atoms. The highest BCUT2D eigenvalue weighted by Gasteiger charge is 2.37. The lowest BCUT2D eigenvalue weighted by Crippen LogP contribution is -2.52. The van der Waals surface area contributed by atoms with Crippen molar-refractivity contribution in [2.45, 2.75) is 70.4 Å². The Morgan fingerprint density at radius 2 is 1.79 bits per heavy atom. The zero-order valence-electron chi connectivity index (χ0n) is 30.4. The zero-order chi connectivity index (χ0) is 37.0. The van der Waals surface area contributed by atoms with Crippen LogP contribution in [0.5, 0.6) is 0 Å². The summed E-state index contributed by atoms with van der Waals surface area (Å²) in [6.45, 7) is 12.2. The number of likely N-dealkylation sites (N-methyl/N-ethyl adjacent to an activating group) is 1. The van der Waals surface area contributed by atoms with Gasteiger partial charge in [-0.15, -0.1) is 5.53 Å². The molecule has 5 heterocycles. The summed E-state index contributed by atoms with van der Waals surface area (Å²) in [5.41, 5.74) is 11.4. The zero-order valence-corrected chi connectivity index (χ0v) is 31.9. The van der Waals surface area contributed by atoms with Crippen LogP contribution in [0.2, 0.25) is 10.0 Å².